The second-order valence-electron chi connectivity index (χ2n) is 3.06. The Morgan fingerprint density at radius 3 is 2.62 bits per heavy atom. The van der Waals surface area contributed by atoms with Crippen LogP contribution >= 0.6 is 0 Å². The van der Waals surface area contributed by atoms with Crippen molar-refractivity contribution in [3.8, 4) is 0 Å². The zero-order valence-electron chi connectivity index (χ0n) is 7.43. The number of benzene rings is 1. The van der Waals surface area contributed by atoms with E-state index >= 15 is 0 Å². The Balaban J connectivity index is 2.92. The van der Waals surface area contributed by atoms with Gasteiger partial charge in [0.2, 0.25) is 0 Å². The van der Waals surface area contributed by atoms with Crippen molar-refractivity contribution < 1.29 is 13.9 Å². The molecule has 0 fully saturated rings. The molecule has 0 aromatic heterocycles. The molecule has 1 nitrogen and oxygen atoms in total. The fourth-order valence-corrected chi connectivity index (χ4v) is 1.13. The summed E-state index contributed by atoms with van der Waals surface area (Å²) in [6.07, 6.45) is 0.421. The van der Waals surface area contributed by atoms with Crippen LogP contribution < -0.4 is 0 Å². The minimum atomic E-state index is -2.80. The van der Waals surface area contributed by atoms with Crippen molar-refractivity contribution in [2.75, 3.05) is 6.61 Å². The zero-order chi connectivity index (χ0) is 9.90. The molecule has 0 atom stereocenters. The molecule has 0 bridgehead atoms. The highest BCUT2D eigenvalue weighted by Gasteiger charge is 2.23. The lowest BCUT2D eigenvalue weighted by Crippen LogP contribution is -2.07. The Morgan fingerprint density at radius 2 is 2.08 bits per heavy atom. The number of hydrogen-bond acceptors (Lipinski definition) is 1. The summed E-state index contributed by atoms with van der Waals surface area (Å²) in [5, 5.41) is 8.63. The minimum absolute atomic E-state index is 0.00144. The SMILES string of the molecule is CC(F)(F)c1cccc(CCO)c1. The van der Waals surface area contributed by atoms with Gasteiger partial charge >= 0.3 is 0 Å². The van der Waals surface area contributed by atoms with Crippen molar-refractivity contribution in [3.63, 3.8) is 0 Å². The van der Waals surface area contributed by atoms with E-state index in [1.54, 1.807) is 12.1 Å². The molecule has 13 heavy (non-hydrogen) atoms. The number of alkyl halides is 2. The molecule has 72 valence electrons. The smallest absolute Gasteiger partial charge is 0.270 e. The van der Waals surface area contributed by atoms with Crippen LogP contribution in [-0.2, 0) is 12.3 Å². The van der Waals surface area contributed by atoms with Gasteiger partial charge < -0.3 is 5.11 Å². The Hall–Kier alpha value is -0.960. The lowest BCUT2D eigenvalue weighted by molar-refractivity contribution is 0.0174. The van der Waals surface area contributed by atoms with E-state index in [1.165, 1.54) is 12.1 Å². The molecule has 3 heteroatoms. The van der Waals surface area contributed by atoms with Crippen LogP contribution in [0.4, 0.5) is 8.78 Å². The van der Waals surface area contributed by atoms with Crippen LogP contribution in [0.5, 0.6) is 0 Å². The molecule has 0 aliphatic rings. The van der Waals surface area contributed by atoms with E-state index in [0.29, 0.717) is 6.42 Å². The fraction of sp³-hybridized carbons (Fsp3) is 0.400. The molecule has 1 N–H and O–H groups in total. The van der Waals surface area contributed by atoms with Crippen LogP contribution in [0.25, 0.3) is 0 Å². The number of aliphatic hydroxyl groups excluding tert-OH is 1. The van der Waals surface area contributed by atoms with Crippen molar-refractivity contribution in [1.82, 2.24) is 0 Å². The first-order chi connectivity index (χ1) is 6.04. The molecule has 1 rings (SSSR count). The van der Waals surface area contributed by atoms with Crippen LogP contribution in [0.15, 0.2) is 24.3 Å². The fourth-order valence-electron chi connectivity index (χ4n) is 1.13. The topological polar surface area (TPSA) is 20.2 Å². The average molecular weight is 186 g/mol. The molecule has 1 aromatic rings. The Kier molecular flexibility index (Phi) is 2.98. The van der Waals surface area contributed by atoms with Crippen LogP contribution in [0.1, 0.15) is 18.1 Å². The van der Waals surface area contributed by atoms with Crippen molar-refractivity contribution >= 4 is 0 Å². The van der Waals surface area contributed by atoms with Gasteiger partial charge in [-0.05, 0) is 18.1 Å². The van der Waals surface area contributed by atoms with Crippen molar-refractivity contribution in [1.29, 1.82) is 0 Å². The van der Waals surface area contributed by atoms with Crippen LogP contribution in [0.2, 0.25) is 0 Å². The predicted octanol–water partition coefficient (Wildman–Crippen LogP) is 2.33. The summed E-state index contributed by atoms with van der Waals surface area (Å²) < 4.78 is 25.6. The van der Waals surface area contributed by atoms with Crippen molar-refractivity contribution in [3.05, 3.63) is 35.4 Å². The standard InChI is InChI=1S/C10H12F2O/c1-10(11,12)9-4-2-3-8(7-9)5-6-13/h2-4,7,13H,5-6H2,1H3. The third-order valence-electron chi connectivity index (χ3n) is 1.83. The van der Waals surface area contributed by atoms with Crippen LogP contribution in [0.3, 0.4) is 0 Å². The first-order valence-corrected chi connectivity index (χ1v) is 4.12. The van der Waals surface area contributed by atoms with Crippen molar-refractivity contribution in [2.45, 2.75) is 19.3 Å². The Morgan fingerprint density at radius 1 is 1.38 bits per heavy atom. The summed E-state index contributed by atoms with van der Waals surface area (Å²) in [5.74, 6) is -2.80. The van der Waals surface area contributed by atoms with Gasteiger partial charge in [-0.15, -0.1) is 0 Å². The van der Waals surface area contributed by atoms with Crippen LogP contribution in [0, 0.1) is 0 Å². The van der Waals surface area contributed by atoms with E-state index in [2.05, 4.69) is 0 Å². The van der Waals surface area contributed by atoms with E-state index in [4.69, 9.17) is 5.11 Å². The van der Waals surface area contributed by atoms with Gasteiger partial charge in [-0.1, -0.05) is 18.2 Å². The van der Waals surface area contributed by atoms with Crippen LogP contribution in [-0.4, -0.2) is 11.7 Å². The number of halogens is 2. The summed E-state index contributed by atoms with van der Waals surface area (Å²) in [4.78, 5) is 0. The maximum atomic E-state index is 12.8. The van der Waals surface area contributed by atoms with E-state index in [-0.39, 0.29) is 12.2 Å². The summed E-state index contributed by atoms with van der Waals surface area (Å²) in [7, 11) is 0. The van der Waals surface area contributed by atoms with Gasteiger partial charge in [-0.2, -0.15) is 0 Å². The second kappa shape index (κ2) is 3.83. The second-order valence-corrected chi connectivity index (χ2v) is 3.06. The van der Waals surface area contributed by atoms with Gasteiger partial charge in [0.15, 0.2) is 0 Å². The zero-order valence-corrected chi connectivity index (χ0v) is 7.43. The summed E-state index contributed by atoms with van der Waals surface area (Å²) in [6, 6.07) is 6.13. The maximum Gasteiger partial charge on any atom is 0.270 e. The summed E-state index contributed by atoms with van der Waals surface area (Å²) >= 11 is 0. The molecule has 0 aliphatic carbocycles. The van der Waals surface area contributed by atoms with Gasteiger partial charge in [-0.3, -0.25) is 0 Å². The summed E-state index contributed by atoms with van der Waals surface area (Å²) in [6.45, 7) is 0.851. The molecule has 1 aromatic carbocycles. The lowest BCUT2D eigenvalue weighted by atomic mass is 10.0. The third kappa shape index (κ3) is 2.77. The molecule has 0 amide bonds. The third-order valence-corrected chi connectivity index (χ3v) is 1.83. The quantitative estimate of drug-likeness (QED) is 0.768. The van der Waals surface area contributed by atoms with Gasteiger partial charge in [0, 0.05) is 19.1 Å². The molecule has 0 spiro atoms. The normalized spacial score (nSPS) is 11.7. The van der Waals surface area contributed by atoms with Gasteiger partial charge in [0.25, 0.3) is 5.92 Å². The number of rotatable bonds is 3. The Labute approximate surface area is 76.0 Å². The van der Waals surface area contributed by atoms with Gasteiger partial charge in [0.1, 0.15) is 0 Å². The lowest BCUT2D eigenvalue weighted by Gasteiger charge is -2.11. The van der Waals surface area contributed by atoms with E-state index < -0.39 is 5.92 Å². The highest BCUT2D eigenvalue weighted by molar-refractivity contribution is 5.26. The average Bonchev–Trinajstić information content (AvgIpc) is 2.04. The number of hydrogen-bond donors (Lipinski definition) is 1. The predicted molar refractivity (Wildman–Crippen MR) is 46.8 cm³/mol. The van der Waals surface area contributed by atoms with E-state index in [9.17, 15) is 8.78 Å². The van der Waals surface area contributed by atoms with E-state index in [0.717, 1.165) is 12.5 Å². The highest BCUT2D eigenvalue weighted by Crippen LogP contribution is 2.27. The molecule has 0 heterocycles. The molecule has 0 aliphatic heterocycles. The molecule has 0 saturated carbocycles. The van der Waals surface area contributed by atoms with Gasteiger partial charge in [0.05, 0.1) is 0 Å². The maximum absolute atomic E-state index is 12.8. The molecule has 0 unspecified atom stereocenters. The largest absolute Gasteiger partial charge is 0.396 e. The van der Waals surface area contributed by atoms with E-state index in [1.807, 2.05) is 0 Å². The molecule has 0 radical (unpaired) electrons. The number of aliphatic hydroxyl groups is 1. The van der Waals surface area contributed by atoms with Gasteiger partial charge in [-0.25, -0.2) is 8.78 Å². The first kappa shape index (κ1) is 10.1. The summed E-state index contributed by atoms with van der Waals surface area (Å²) in [5.41, 5.74) is 0.736. The Bertz CT molecular complexity index is 278. The minimum Gasteiger partial charge on any atom is -0.396 e. The first-order valence-electron chi connectivity index (χ1n) is 4.12. The molecular weight excluding hydrogens is 174 g/mol. The monoisotopic (exact) mass is 186 g/mol. The molecule has 0 saturated heterocycles. The van der Waals surface area contributed by atoms with Crippen molar-refractivity contribution in [2.24, 2.45) is 0 Å². The molecular formula is C10H12F2O. The highest BCUT2D eigenvalue weighted by atomic mass is 19.3.